The van der Waals surface area contributed by atoms with Crippen molar-refractivity contribution in [2.75, 3.05) is 19.6 Å². The van der Waals surface area contributed by atoms with Gasteiger partial charge in [0.05, 0.1) is 11.1 Å². The van der Waals surface area contributed by atoms with Gasteiger partial charge in [-0.05, 0) is 68.9 Å². The molecular weight excluding hydrogens is 455 g/mol. The molecule has 1 saturated carbocycles. The lowest BCUT2D eigenvalue weighted by Gasteiger charge is -2.25. The first kappa shape index (κ1) is 22.8. The number of amides is 2. The van der Waals surface area contributed by atoms with Crippen LogP contribution in [0.3, 0.4) is 0 Å². The fourth-order valence-electron chi connectivity index (χ4n) is 5.31. The number of aliphatic imine (C=N–C) groups is 1. The summed E-state index contributed by atoms with van der Waals surface area (Å²) >= 11 is 0. The Kier molecular flexibility index (Phi) is 5.39. The van der Waals surface area contributed by atoms with E-state index in [-0.39, 0.29) is 23.7 Å². The first-order chi connectivity index (χ1) is 17.3. The number of carbonyl (C=O) groups excluding carboxylic acids is 2. The van der Waals surface area contributed by atoms with E-state index in [1.54, 1.807) is 31.0 Å². The number of pyridine rings is 1. The molecule has 6 rings (SSSR count). The van der Waals surface area contributed by atoms with E-state index >= 15 is 4.39 Å². The highest BCUT2D eigenvalue weighted by Crippen LogP contribution is 2.34. The zero-order chi connectivity index (χ0) is 25.0. The number of hydrogen-bond donors (Lipinski definition) is 0. The van der Waals surface area contributed by atoms with Crippen LogP contribution in [0.15, 0.2) is 59.7 Å². The standard InChI is InChI=1S/C29H29FN4O2/c1-29(2)28(36)34(17-18-11-12-33(16-18)27(35)19-7-8-19)26(32-29)23-10-9-20(14-24(23)30)22-13-21-5-3-4-6-25(21)31-15-22/h3-6,9-10,13-15,18-19H,7-8,11-12,16-17H2,1-2H3. The quantitative estimate of drug-likeness (QED) is 0.529. The molecule has 3 aliphatic rings. The van der Waals surface area contributed by atoms with Gasteiger partial charge in [0, 0.05) is 42.7 Å². The third kappa shape index (κ3) is 4.06. The van der Waals surface area contributed by atoms with Crippen molar-refractivity contribution in [3.8, 4) is 11.1 Å². The van der Waals surface area contributed by atoms with Gasteiger partial charge in [-0.15, -0.1) is 0 Å². The Morgan fingerprint density at radius 3 is 2.67 bits per heavy atom. The number of hydrogen-bond acceptors (Lipinski definition) is 4. The van der Waals surface area contributed by atoms with Gasteiger partial charge in [0.15, 0.2) is 0 Å². The minimum absolute atomic E-state index is 0.133. The maximum absolute atomic E-state index is 15.5. The second-order valence-corrected chi connectivity index (χ2v) is 10.7. The van der Waals surface area contributed by atoms with Crippen molar-refractivity contribution in [3.05, 3.63) is 66.1 Å². The first-order valence-corrected chi connectivity index (χ1v) is 12.7. The number of rotatable bonds is 5. The number of halogens is 1. The summed E-state index contributed by atoms with van der Waals surface area (Å²) in [5.41, 5.74) is 1.79. The summed E-state index contributed by atoms with van der Waals surface area (Å²) in [6, 6.07) is 14.9. The summed E-state index contributed by atoms with van der Waals surface area (Å²) in [6.07, 6.45) is 4.56. The molecule has 0 bridgehead atoms. The van der Waals surface area contributed by atoms with Crippen molar-refractivity contribution < 1.29 is 14.0 Å². The Balaban J connectivity index is 1.26. The molecule has 1 aromatic heterocycles. The Labute approximate surface area is 209 Å². The van der Waals surface area contributed by atoms with E-state index < -0.39 is 11.4 Å². The highest BCUT2D eigenvalue weighted by molar-refractivity contribution is 6.15. The third-order valence-electron chi connectivity index (χ3n) is 7.51. The van der Waals surface area contributed by atoms with E-state index in [4.69, 9.17) is 0 Å². The van der Waals surface area contributed by atoms with Crippen molar-refractivity contribution in [1.29, 1.82) is 0 Å². The van der Waals surface area contributed by atoms with Crippen LogP contribution in [0.1, 0.15) is 38.7 Å². The maximum Gasteiger partial charge on any atom is 0.255 e. The normalized spacial score (nSPS) is 21.4. The molecule has 1 saturated heterocycles. The highest BCUT2D eigenvalue weighted by Gasteiger charge is 2.44. The molecule has 2 fully saturated rings. The molecular formula is C29H29FN4O2. The molecule has 36 heavy (non-hydrogen) atoms. The molecule has 1 atom stereocenters. The predicted molar refractivity (Wildman–Crippen MR) is 137 cm³/mol. The lowest BCUT2D eigenvalue weighted by Crippen LogP contribution is -2.43. The van der Waals surface area contributed by atoms with Crippen LogP contribution in [0, 0.1) is 17.7 Å². The summed E-state index contributed by atoms with van der Waals surface area (Å²) in [6.45, 7) is 5.33. The molecule has 3 aromatic rings. The summed E-state index contributed by atoms with van der Waals surface area (Å²) in [5.74, 6) is 0.404. The van der Waals surface area contributed by atoms with Gasteiger partial charge in [-0.1, -0.05) is 24.3 Å². The highest BCUT2D eigenvalue weighted by atomic mass is 19.1. The number of para-hydroxylation sites is 1. The number of likely N-dealkylation sites (tertiary alicyclic amines) is 1. The van der Waals surface area contributed by atoms with Crippen LogP contribution in [-0.4, -0.2) is 57.6 Å². The molecule has 1 unspecified atom stereocenters. The van der Waals surface area contributed by atoms with Crippen LogP contribution in [-0.2, 0) is 9.59 Å². The SMILES string of the molecule is CC1(C)N=C(c2ccc(-c3cnc4ccccc4c3)cc2F)N(CC2CCN(C(=O)C3CC3)C2)C1=O. The van der Waals surface area contributed by atoms with Crippen molar-refractivity contribution in [1.82, 2.24) is 14.8 Å². The van der Waals surface area contributed by atoms with E-state index in [1.165, 1.54) is 6.07 Å². The van der Waals surface area contributed by atoms with Gasteiger partial charge in [-0.2, -0.15) is 0 Å². The van der Waals surface area contributed by atoms with Crippen molar-refractivity contribution in [3.63, 3.8) is 0 Å². The number of fused-ring (bicyclic) bond motifs is 1. The molecule has 3 heterocycles. The number of carbonyl (C=O) groups is 2. The van der Waals surface area contributed by atoms with Gasteiger partial charge in [-0.25, -0.2) is 4.39 Å². The van der Waals surface area contributed by atoms with Gasteiger partial charge in [0.25, 0.3) is 5.91 Å². The Hall–Kier alpha value is -3.61. The Morgan fingerprint density at radius 2 is 1.89 bits per heavy atom. The first-order valence-electron chi connectivity index (χ1n) is 12.7. The molecule has 1 aliphatic carbocycles. The molecule has 0 N–H and O–H groups in total. The van der Waals surface area contributed by atoms with Crippen LogP contribution in [0.2, 0.25) is 0 Å². The monoisotopic (exact) mass is 484 g/mol. The smallest absolute Gasteiger partial charge is 0.255 e. The van der Waals surface area contributed by atoms with E-state index in [9.17, 15) is 9.59 Å². The summed E-state index contributed by atoms with van der Waals surface area (Å²) in [4.78, 5) is 38.4. The number of aromatic nitrogens is 1. The molecule has 0 spiro atoms. The van der Waals surface area contributed by atoms with Crippen LogP contribution in [0.25, 0.3) is 22.0 Å². The van der Waals surface area contributed by atoms with Gasteiger partial charge in [0.1, 0.15) is 17.2 Å². The summed E-state index contributed by atoms with van der Waals surface area (Å²) in [7, 11) is 0. The van der Waals surface area contributed by atoms with E-state index in [0.29, 0.717) is 24.5 Å². The number of nitrogens with zero attached hydrogens (tertiary/aromatic N) is 4. The maximum atomic E-state index is 15.5. The van der Waals surface area contributed by atoms with E-state index in [2.05, 4.69) is 9.98 Å². The van der Waals surface area contributed by atoms with Crippen LogP contribution in [0.5, 0.6) is 0 Å². The van der Waals surface area contributed by atoms with Gasteiger partial charge >= 0.3 is 0 Å². The van der Waals surface area contributed by atoms with Gasteiger partial charge in [0.2, 0.25) is 5.91 Å². The second kappa shape index (κ2) is 8.50. The Morgan fingerprint density at radius 1 is 1.08 bits per heavy atom. The summed E-state index contributed by atoms with van der Waals surface area (Å²) < 4.78 is 15.5. The lowest BCUT2D eigenvalue weighted by molar-refractivity contribution is -0.131. The van der Waals surface area contributed by atoms with Crippen molar-refractivity contribution in [2.45, 2.75) is 38.6 Å². The zero-order valence-corrected chi connectivity index (χ0v) is 20.6. The zero-order valence-electron chi connectivity index (χ0n) is 20.6. The topological polar surface area (TPSA) is 65.9 Å². The molecule has 0 radical (unpaired) electrons. The van der Waals surface area contributed by atoms with Crippen LogP contribution in [0.4, 0.5) is 4.39 Å². The molecule has 2 aliphatic heterocycles. The molecule has 2 aromatic carbocycles. The average molecular weight is 485 g/mol. The molecule has 6 nitrogen and oxygen atoms in total. The van der Waals surface area contributed by atoms with Crippen LogP contribution >= 0.6 is 0 Å². The van der Waals surface area contributed by atoms with Gasteiger partial charge < -0.3 is 4.90 Å². The van der Waals surface area contributed by atoms with Crippen molar-refractivity contribution >= 4 is 28.6 Å². The minimum atomic E-state index is -0.954. The fourth-order valence-corrected chi connectivity index (χ4v) is 5.31. The van der Waals surface area contributed by atoms with Gasteiger partial charge in [-0.3, -0.25) is 24.5 Å². The Bertz CT molecular complexity index is 1410. The molecule has 184 valence electrons. The molecule has 7 heteroatoms. The van der Waals surface area contributed by atoms with E-state index in [1.807, 2.05) is 41.3 Å². The summed E-state index contributed by atoms with van der Waals surface area (Å²) in [5, 5.41) is 0.990. The third-order valence-corrected chi connectivity index (χ3v) is 7.51. The minimum Gasteiger partial charge on any atom is -0.342 e. The largest absolute Gasteiger partial charge is 0.342 e. The predicted octanol–water partition coefficient (Wildman–Crippen LogP) is 4.67. The van der Waals surface area contributed by atoms with E-state index in [0.717, 1.165) is 47.8 Å². The van der Waals surface area contributed by atoms with Crippen LogP contribution < -0.4 is 0 Å². The average Bonchev–Trinajstić information content (AvgIpc) is 3.58. The second-order valence-electron chi connectivity index (χ2n) is 10.7. The number of amidine groups is 1. The molecule has 2 amide bonds. The number of benzene rings is 2. The lowest BCUT2D eigenvalue weighted by atomic mass is 10.0. The fraction of sp³-hybridized carbons (Fsp3) is 0.379. The van der Waals surface area contributed by atoms with Crippen molar-refractivity contribution in [2.24, 2.45) is 16.8 Å².